The van der Waals surface area contributed by atoms with Crippen LogP contribution < -0.4 is 5.32 Å². The quantitative estimate of drug-likeness (QED) is 0.824. The van der Waals surface area contributed by atoms with Gasteiger partial charge < -0.3 is 10.4 Å². The van der Waals surface area contributed by atoms with Crippen molar-refractivity contribution >= 4 is 5.82 Å². The van der Waals surface area contributed by atoms with Crippen LogP contribution in [0.4, 0.5) is 5.82 Å². The number of anilines is 1. The first-order chi connectivity index (χ1) is 8.57. The molecule has 0 spiro atoms. The van der Waals surface area contributed by atoms with E-state index in [-0.39, 0.29) is 17.4 Å². The third-order valence-electron chi connectivity index (χ3n) is 3.54. The van der Waals surface area contributed by atoms with Crippen molar-refractivity contribution in [3.63, 3.8) is 0 Å². The maximum atomic E-state index is 10.2. The second-order valence-electron chi connectivity index (χ2n) is 5.30. The lowest BCUT2D eigenvalue weighted by Gasteiger charge is -2.25. The first kappa shape index (κ1) is 12.8. The molecule has 1 aromatic heterocycles. The molecule has 5 heteroatoms. The molecule has 1 saturated carbocycles. The maximum absolute atomic E-state index is 10.2. The van der Waals surface area contributed by atoms with Gasteiger partial charge in [-0.05, 0) is 18.8 Å². The Morgan fingerprint density at radius 3 is 2.61 bits per heavy atom. The molecule has 1 fully saturated rings. The molecule has 0 bridgehead atoms. The molecule has 0 aliphatic heterocycles. The summed E-state index contributed by atoms with van der Waals surface area (Å²) < 4.78 is 0. The summed E-state index contributed by atoms with van der Waals surface area (Å²) in [7, 11) is 0. The van der Waals surface area contributed by atoms with Crippen molar-refractivity contribution in [2.75, 3.05) is 11.9 Å². The number of nitriles is 1. The van der Waals surface area contributed by atoms with Crippen LogP contribution in [0.1, 0.15) is 32.4 Å². The standard InChI is InChI=1S/C13H18N4O/c1-9(2)12(18)13(3-4-13)8-17-11-7-15-10(5-14)6-16-11/h6-7,9,12,18H,3-4,8H2,1-2H3,(H,16,17). The molecule has 0 radical (unpaired) electrons. The summed E-state index contributed by atoms with van der Waals surface area (Å²) in [5, 5.41) is 22.0. The van der Waals surface area contributed by atoms with Crippen LogP contribution in [-0.4, -0.2) is 27.7 Å². The molecule has 1 aromatic rings. The van der Waals surface area contributed by atoms with Gasteiger partial charge in [-0.15, -0.1) is 0 Å². The maximum Gasteiger partial charge on any atom is 0.158 e. The van der Waals surface area contributed by atoms with Crippen molar-refractivity contribution in [1.29, 1.82) is 5.26 Å². The van der Waals surface area contributed by atoms with Gasteiger partial charge in [-0.2, -0.15) is 5.26 Å². The summed E-state index contributed by atoms with van der Waals surface area (Å²) in [5.41, 5.74) is 0.299. The fourth-order valence-corrected chi connectivity index (χ4v) is 2.19. The largest absolute Gasteiger partial charge is 0.392 e. The van der Waals surface area contributed by atoms with Crippen LogP contribution in [0.3, 0.4) is 0 Å². The highest BCUT2D eigenvalue weighted by atomic mass is 16.3. The van der Waals surface area contributed by atoms with E-state index in [1.54, 1.807) is 6.20 Å². The van der Waals surface area contributed by atoms with Gasteiger partial charge >= 0.3 is 0 Å². The number of rotatable bonds is 5. The second kappa shape index (κ2) is 4.91. The van der Waals surface area contributed by atoms with Gasteiger partial charge in [-0.3, -0.25) is 0 Å². The number of hydrogen-bond donors (Lipinski definition) is 2. The predicted octanol–water partition coefficient (Wildman–Crippen LogP) is 1.56. The van der Waals surface area contributed by atoms with E-state index in [4.69, 9.17) is 5.26 Å². The number of aliphatic hydroxyl groups excluding tert-OH is 1. The van der Waals surface area contributed by atoms with Crippen LogP contribution in [0.25, 0.3) is 0 Å². The molecule has 96 valence electrons. The number of aromatic nitrogens is 2. The highest BCUT2D eigenvalue weighted by Gasteiger charge is 2.49. The summed E-state index contributed by atoms with van der Waals surface area (Å²) in [6.45, 7) is 4.77. The molecule has 2 N–H and O–H groups in total. The minimum atomic E-state index is -0.281. The van der Waals surface area contributed by atoms with Crippen LogP contribution in [0.15, 0.2) is 12.4 Å². The van der Waals surface area contributed by atoms with Gasteiger partial charge in [0, 0.05) is 12.0 Å². The Morgan fingerprint density at radius 1 is 1.44 bits per heavy atom. The lowest BCUT2D eigenvalue weighted by atomic mass is 9.90. The smallest absolute Gasteiger partial charge is 0.158 e. The summed E-state index contributed by atoms with van der Waals surface area (Å²) in [6, 6.07) is 1.93. The number of hydrogen-bond acceptors (Lipinski definition) is 5. The summed E-state index contributed by atoms with van der Waals surface area (Å²) in [4.78, 5) is 8.06. The van der Waals surface area contributed by atoms with E-state index in [1.165, 1.54) is 6.20 Å². The van der Waals surface area contributed by atoms with Crippen molar-refractivity contribution in [2.45, 2.75) is 32.8 Å². The molecule has 5 nitrogen and oxygen atoms in total. The zero-order valence-corrected chi connectivity index (χ0v) is 10.7. The molecule has 1 heterocycles. The zero-order valence-electron chi connectivity index (χ0n) is 10.7. The Kier molecular flexibility index (Phi) is 3.48. The molecule has 1 aliphatic rings. The van der Waals surface area contributed by atoms with Crippen LogP contribution in [0, 0.1) is 22.7 Å². The van der Waals surface area contributed by atoms with Gasteiger partial charge in [-0.1, -0.05) is 13.8 Å². The first-order valence-electron chi connectivity index (χ1n) is 6.21. The SMILES string of the molecule is CC(C)C(O)C1(CNc2cnc(C#N)cn2)CC1. The minimum Gasteiger partial charge on any atom is -0.392 e. The van der Waals surface area contributed by atoms with E-state index in [0.29, 0.717) is 18.1 Å². The van der Waals surface area contributed by atoms with E-state index in [2.05, 4.69) is 15.3 Å². The average Bonchev–Trinajstić information content (AvgIpc) is 3.17. The predicted molar refractivity (Wildman–Crippen MR) is 67.7 cm³/mol. The molecule has 0 aromatic carbocycles. The zero-order chi connectivity index (χ0) is 13.2. The van der Waals surface area contributed by atoms with Crippen molar-refractivity contribution < 1.29 is 5.11 Å². The Bertz CT molecular complexity index is 445. The van der Waals surface area contributed by atoms with Crippen molar-refractivity contribution in [1.82, 2.24) is 9.97 Å². The van der Waals surface area contributed by atoms with E-state index < -0.39 is 0 Å². The number of nitrogens with one attached hydrogen (secondary N) is 1. The summed E-state index contributed by atoms with van der Waals surface area (Å²) in [6.07, 6.45) is 4.81. The van der Waals surface area contributed by atoms with Gasteiger partial charge in [0.15, 0.2) is 5.69 Å². The van der Waals surface area contributed by atoms with Gasteiger partial charge in [-0.25, -0.2) is 9.97 Å². The van der Waals surface area contributed by atoms with Gasteiger partial charge in [0.1, 0.15) is 11.9 Å². The summed E-state index contributed by atoms with van der Waals surface area (Å²) in [5.74, 6) is 0.914. The lowest BCUT2D eigenvalue weighted by Crippen LogP contribution is -2.33. The molecule has 0 amide bonds. The molecule has 1 atom stereocenters. The highest BCUT2D eigenvalue weighted by molar-refractivity contribution is 5.34. The molecule has 1 aliphatic carbocycles. The number of nitrogens with zero attached hydrogens (tertiary/aromatic N) is 3. The van der Waals surface area contributed by atoms with Gasteiger partial charge in [0.25, 0.3) is 0 Å². The highest BCUT2D eigenvalue weighted by Crippen LogP contribution is 2.50. The van der Waals surface area contributed by atoms with Crippen LogP contribution in [-0.2, 0) is 0 Å². The second-order valence-corrected chi connectivity index (χ2v) is 5.30. The van der Waals surface area contributed by atoms with E-state index in [1.807, 2.05) is 19.9 Å². The van der Waals surface area contributed by atoms with Crippen molar-refractivity contribution in [3.05, 3.63) is 18.1 Å². The van der Waals surface area contributed by atoms with Gasteiger partial charge in [0.05, 0.1) is 18.5 Å². The van der Waals surface area contributed by atoms with E-state index >= 15 is 0 Å². The molecule has 18 heavy (non-hydrogen) atoms. The Balaban J connectivity index is 1.93. The Labute approximate surface area is 107 Å². The topological polar surface area (TPSA) is 81.8 Å². The average molecular weight is 246 g/mol. The molecular weight excluding hydrogens is 228 g/mol. The molecular formula is C13H18N4O. The van der Waals surface area contributed by atoms with E-state index in [9.17, 15) is 5.11 Å². The van der Waals surface area contributed by atoms with Crippen molar-refractivity contribution in [2.24, 2.45) is 11.3 Å². The Morgan fingerprint density at radius 2 is 2.17 bits per heavy atom. The van der Waals surface area contributed by atoms with Crippen molar-refractivity contribution in [3.8, 4) is 6.07 Å². The fourth-order valence-electron chi connectivity index (χ4n) is 2.19. The van der Waals surface area contributed by atoms with Gasteiger partial charge in [0.2, 0.25) is 0 Å². The van der Waals surface area contributed by atoms with Crippen LogP contribution in [0.2, 0.25) is 0 Å². The van der Waals surface area contributed by atoms with Crippen LogP contribution >= 0.6 is 0 Å². The monoisotopic (exact) mass is 246 g/mol. The minimum absolute atomic E-state index is 0.0102. The van der Waals surface area contributed by atoms with E-state index in [0.717, 1.165) is 12.8 Å². The molecule has 1 unspecified atom stereocenters. The third-order valence-corrected chi connectivity index (χ3v) is 3.54. The first-order valence-corrected chi connectivity index (χ1v) is 6.21. The number of aliphatic hydroxyl groups is 1. The fraction of sp³-hybridized carbons (Fsp3) is 0.615. The third kappa shape index (κ3) is 2.59. The molecule has 0 saturated heterocycles. The van der Waals surface area contributed by atoms with Crippen LogP contribution in [0.5, 0.6) is 0 Å². The summed E-state index contributed by atoms with van der Waals surface area (Å²) >= 11 is 0. The molecule has 2 rings (SSSR count). The Hall–Kier alpha value is -1.67. The lowest BCUT2D eigenvalue weighted by molar-refractivity contribution is 0.0567. The normalized spacial score (nSPS) is 18.2.